The van der Waals surface area contributed by atoms with Gasteiger partial charge in [-0.3, -0.25) is 0 Å². The molecule has 152 valence electrons. The van der Waals surface area contributed by atoms with Crippen molar-refractivity contribution in [1.29, 1.82) is 0 Å². The van der Waals surface area contributed by atoms with E-state index in [-0.39, 0.29) is 17.2 Å². The van der Waals surface area contributed by atoms with Gasteiger partial charge in [0.05, 0.1) is 27.4 Å². The largest absolute Gasteiger partial charge is 0.502 e. The summed E-state index contributed by atoms with van der Waals surface area (Å²) in [5.74, 6) is 0.0707. The lowest BCUT2D eigenvalue weighted by Crippen LogP contribution is -2.63. The fraction of sp³-hybridized carbons (Fsp3) is 0.647. The standard InChI is InChI=1S/C17H24O10/c1-23-8-3-7(4-9(24-2)12(8)20)15-11(6-19)26-17-16(27-15)14(22)13(21)10(5-18)25-17/h3-4,10-11,13-22H,5-6H2,1-2H3/t10-,11+,13-,14+,15+,16-,17+/m1/s1. The maximum Gasteiger partial charge on any atom is 0.200 e. The summed E-state index contributed by atoms with van der Waals surface area (Å²) in [6.07, 6.45) is -7.63. The average Bonchev–Trinajstić information content (AvgIpc) is 2.69. The molecule has 3 rings (SSSR count). The third kappa shape index (κ3) is 3.57. The summed E-state index contributed by atoms with van der Waals surface area (Å²) in [4.78, 5) is 0. The van der Waals surface area contributed by atoms with Crippen molar-refractivity contribution in [3.63, 3.8) is 0 Å². The number of phenols is 1. The topological polar surface area (TPSA) is 147 Å². The maximum absolute atomic E-state index is 10.3. The highest BCUT2D eigenvalue weighted by molar-refractivity contribution is 5.53. The summed E-state index contributed by atoms with van der Waals surface area (Å²) in [6, 6.07) is 3.00. The Kier molecular flexibility index (Phi) is 6.06. The number of aliphatic hydroxyl groups is 4. The molecule has 0 unspecified atom stereocenters. The molecule has 2 saturated heterocycles. The van der Waals surface area contributed by atoms with Crippen LogP contribution >= 0.6 is 0 Å². The van der Waals surface area contributed by atoms with Gasteiger partial charge in [0.2, 0.25) is 5.75 Å². The Morgan fingerprint density at radius 1 is 0.889 bits per heavy atom. The molecular weight excluding hydrogens is 364 g/mol. The van der Waals surface area contributed by atoms with Gasteiger partial charge < -0.3 is 49.2 Å². The summed E-state index contributed by atoms with van der Waals surface area (Å²) < 4.78 is 27.3. The number of methoxy groups -OCH3 is 2. The number of aromatic hydroxyl groups is 1. The number of hydrogen-bond acceptors (Lipinski definition) is 10. The van der Waals surface area contributed by atoms with E-state index in [2.05, 4.69) is 0 Å². The highest BCUT2D eigenvalue weighted by Gasteiger charge is 2.51. The number of phenolic OH excluding ortho intramolecular Hbond substituents is 1. The number of ether oxygens (including phenoxy) is 5. The van der Waals surface area contributed by atoms with Crippen molar-refractivity contribution in [1.82, 2.24) is 0 Å². The van der Waals surface area contributed by atoms with E-state index >= 15 is 0 Å². The number of aliphatic hydroxyl groups excluding tert-OH is 4. The molecule has 10 nitrogen and oxygen atoms in total. The van der Waals surface area contributed by atoms with Crippen molar-refractivity contribution in [2.75, 3.05) is 27.4 Å². The van der Waals surface area contributed by atoms with E-state index < -0.39 is 56.1 Å². The second kappa shape index (κ2) is 8.15. The Hall–Kier alpha value is -1.66. The Bertz CT molecular complexity index is 628. The van der Waals surface area contributed by atoms with Crippen LogP contribution in [-0.4, -0.2) is 89.8 Å². The van der Waals surface area contributed by atoms with E-state index in [1.54, 1.807) is 0 Å². The van der Waals surface area contributed by atoms with Crippen LogP contribution in [0.2, 0.25) is 0 Å². The van der Waals surface area contributed by atoms with E-state index in [9.17, 15) is 25.5 Å². The summed E-state index contributed by atoms with van der Waals surface area (Å²) in [6.45, 7) is -0.935. The van der Waals surface area contributed by atoms with Gasteiger partial charge in [0.1, 0.15) is 36.6 Å². The molecule has 0 aromatic heterocycles. The van der Waals surface area contributed by atoms with Gasteiger partial charge in [-0.25, -0.2) is 0 Å². The average molecular weight is 388 g/mol. The van der Waals surface area contributed by atoms with Gasteiger partial charge in [-0.05, 0) is 17.7 Å². The molecule has 0 radical (unpaired) electrons. The monoisotopic (exact) mass is 388 g/mol. The first-order valence-electron chi connectivity index (χ1n) is 8.44. The fourth-order valence-electron chi connectivity index (χ4n) is 3.32. The van der Waals surface area contributed by atoms with Crippen LogP contribution in [0.15, 0.2) is 12.1 Å². The molecular formula is C17H24O10. The van der Waals surface area contributed by atoms with Crippen LogP contribution < -0.4 is 9.47 Å². The predicted octanol–water partition coefficient (Wildman–Crippen LogP) is -1.33. The van der Waals surface area contributed by atoms with Gasteiger partial charge in [-0.1, -0.05) is 0 Å². The maximum atomic E-state index is 10.3. The summed E-state index contributed by atoms with van der Waals surface area (Å²) in [5.41, 5.74) is 0.463. The van der Waals surface area contributed by atoms with Crippen LogP contribution in [0.25, 0.3) is 0 Å². The van der Waals surface area contributed by atoms with Gasteiger partial charge in [0.15, 0.2) is 17.8 Å². The Morgan fingerprint density at radius 3 is 1.96 bits per heavy atom. The molecule has 1 aromatic carbocycles. The van der Waals surface area contributed by atoms with Crippen molar-refractivity contribution >= 4 is 0 Å². The smallest absolute Gasteiger partial charge is 0.200 e. The van der Waals surface area contributed by atoms with Crippen molar-refractivity contribution in [2.24, 2.45) is 0 Å². The van der Waals surface area contributed by atoms with E-state index in [1.165, 1.54) is 26.4 Å². The molecule has 1 aromatic rings. The van der Waals surface area contributed by atoms with Gasteiger partial charge in [0.25, 0.3) is 0 Å². The fourth-order valence-corrected chi connectivity index (χ4v) is 3.32. The summed E-state index contributed by atoms with van der Waals surface area (Å²) >= 11 is 0. The van der Waals surface area contributed by atoms with Crippen molar-refractivity contribution in [3.05, 3.63) is 17.7 Å². The van der Waals surface area contributed by atoms with Crippen molar-refractivity contribution < 1.29 is 49.2 Å². The lowest BCUT2D eigenvalue weighted by atomic mass is 9.95. The first-order valence-corrected chi connectivity index (χ1v) is 8.44. The Labute approximate surface area is 155 Å². The third-order valence-electron chi connectivity index (χ3n) is 4.79. The molecule has 0 saturated carbocycles. The van der Waals surface area contributed by atoms with Crippen LogP contribution in [0.3, 0.4) is 0 Å². The molecule has 0 bridgehead atoms. The first-order chi connectivity index (χ1) is 12.9. The lowest BCUT2D eigenvalue weighted by Gasteiger charge is -2.48. The van der Waals surface area contributed by atoms with Crippen molar-refractivity contribution in [3.8, 4) is 17.2 Å². The molecule has 2 heterocycles. The third-order valence-corrected chi connectivity index (χ3v) is 4.79. The van der Waals surface area contributed by atoms with E-state index in [1.807, 2.05) is 0 Å². The molecule has 0 amide bonds. The molecule has 27 heavy (non-hydrogen) atoms. The van der Waals surface area contributed by atoms with E-state index in [0.29, 0.717) is 5.56 Å². The molecule has 2 aliphatic rings. The number of fused-ring (bicyclic) bond motifs is 1. The minimum absolute atomic E-state index is 0.132. The van der Waals surface area contributed by atoms with Crippen LogP contribution in [0.4, 0.5) is 0 Å². The van der Waals surface area contributed by atoms with Gasteiger partial charge in [-0.15, -0.1) is 0 Å². The highest BCUT2D eigenvalue weighted by Crippen LogP contribution is 2.43. The van der Waals surface area contributed by atoms with Gasteiger partial charge in [-0.2, -0.15) is 0 Å². The zero-order chi connectivity index (χ0) is 19.7. The molecule has 10 heteroatoms. The summed E-state index contributed by atoms with van der Waals surface area (Å²) in [7, 11) is 2.75. The number of rotatable bonds is 5. The molecule has 0 aliphatic carbocycles. The van der Waals surface area contributed by atoms with Crippen LogP contribution in [0.5, 0.6) is 17.2 Å². The quantitative estimate of drug-likeness (QED) is 0.411. The van der Waals surface area contributed by atoms with E-state index in [4.69, 9.17) is 23.7 Å². The van der Waals surface area contributed by atoms with Crippen LogP contribution in [0.1, 0.15) is 11.7 Å². The zero-order valence-corrected chi connectivity index (χ0v) is 14.9. The van der Waals surface area contributed by atoms with Crippen LogP contribution in [-0.2, 0) is 14.2 Å². The highest BCUT2D eigenvalue weighted by atomic mass is 16.7. The Morgan fingerprint density at radius 2 is 1.44 bits per heavy atom. The second-order valence-corrected chi connectivity index (χ2v) is 6.36. The first kappa shape index (κ1) is 20.1. The summed E-state index contributed by atoms with van der Waals surface area (Å²) in [5, 5.41) is 49.5. The minimum Gasteiger partial charge on any atom is -0.502 e. The SMILES string of the molecule is COc1cc([C@@H]2O[C@H]3[C@H](O[C@H]2CO)O[C@H](CO)[C@@H](O)[C@@H]3O)cc(OC)c1O. The molecule has 5 N–H and O–H groups in total. The van der Waals surface area contributed by atoms with Crippen molar-refractivity contribution in [2.45, 2.75) is 42.9 Å². The van der Waals surface area contributed by atoms with Gasteiger partial charge in [0, 0.05) is 0 Å². The normalized spacial score (nSPS) is 36.1. The molecule has 7 atom stereocenters. The molecule has 0 spiro atoms. The molecule has 2 fully saturated rings. The predicted molar refractivity (Wildman–Crippen MR) is 88.5 cm³/mol. The van der Waals surface area contributed by atoms with E-state index in [0.717, 1.165) is 0 Å². The Balaban J connectivity index is 1.93. The number of benzene rings is 1. The van der Waals surface area contributed by atoms with Gasteiger partial charge >= 0.3 is 0 Å². The second-order valence-electron chi connectivity index (χ2n) is 6.36. The number of hydrogen-bond donors (Lipinski definition) is 5. The lowest BCUT2D eigenvalue weighted by molar-refractivity contribution is -0.371. The minimum atomic E-state index is -1.37. The van der Waals surface area contributed by atoms with Crippen LogP contribution in [0, 0.1) is 0 Å². The molecule has 2 aliphatic heterocycles. The zero-order valence-electron chi connectivity index (χ0n) is 14.9.